The van der Waals surface area contributed by atoms with Crippen LogP contribution in [-0.2, 0) is 9.47 Å². The van der Waals surface area contributed by atoms with Crippen LogP contribution in [-0.4, -0.2) is 19.5 Å². The second kappa shape index (κ2) is 8.31. The largest absolute Gasteiger partial charge is 0.341 e. The summed E-state index contributed by atoms with van der Waals surface area (Å²) in [6, 6.07) is 12.3. The van der Waals surface area contributed by atoms with E-state index in [1.807, 2.05) is 37.3 Å². The first-order valence-electron chi connectivity index (χ1n) is 8.09. The lowest BCUT2D eigenvalue weighted by atomic mass is 10.0. The molecular weight excluding hydrogens is 339 g/mol. The minimum atomic E-state index is -0.516. The summed E-state index contributed by atoms with van der Waals surface area (Å²) < 4.78 is 24.8. The van der Waals surface area contributed by atoms with Crippen molar-refractivity contribution >= 4 is 11.6 Å². The molecule has 25 heavy (non-hydrogen) atoms. The topological polar surface area (TPSA) is 18.5 Å². The SMILES string of the molecule is CC=CC1COC(C#Cc2cccc(-c3ccc(Cl)c(F)c3)c2)OC1. The van der Waals surface area contributed by atoms with Crippen LogP contribution in [0.5, 0.6) is 0 Å². The molecule has 1 aliphatic heterocycles. The lowest BCUT2D eigenvalue weighted by molar-refractivity contribution is -0.160. The Hall–Kier alpha value is -2.12. The van der Waals surface area contributed by atoms with Crippen molar-refractivity contribution in [2.24, 2.45) is 5.92 Å². The Labute approximate surface area is 152 Å². The zero-order valence-electron chi connectivity index (χ0n) is 13.8. The van der Waals surface area contributed by atoms with Crippen molar-refractivity contribution in [2.45, 2.75) is 13.2 Å². The van der Waals surface area contributed by atoms with Gasteiger partial charge in [0.15, 0.2) is 0 Å². The van der Waals surface area contributed by atoms with E-state index in [1.165, 1.54) is 6.07 Å². The summed E-state index contributed by atoms with van der Waals surface area (Å²) in [5.74, 6) is 5.89. The molecule has 0 aliphatic carbocycles. The van der Waals surface area contributed by atoms with E-state index in [2.05, 4.69) is 17.9 Å². The van der Waals surface area contributed by atoms with Gasteiger partial charge in [-0.1, -0.05) is 47.9 Å². The van der Waals surface area contributed by atoms with Gasteiger partial charge in [-0.05, 0) is 48.2 Å². The molecule has 0 bridgehead atoms. The van der Waals surface area contributed by atoms with Crippen molar-refractivity contribution in [3.63, 3.8) is 0 Å². The van der Waals surface area contributed by atoms with E-state index in [0.717, 1.165) is 16.7 Å². The molecule has 128 valence electrons. The number of benzene rings is 2. The molecule has 4 heteroatoms. The number of hydrogen-bond donors (Lipinski definition) is 0. The summed E-state index contributed by atoms with van der Waals surface area (Å²) in [7, 11) is 0. The van der Waals surface area contributed by atoms with Gasteiger partial charge in [0.2, 0.25) is 6.29 Å². The number of hydrogen-bond acceptors (Lipinski definition) is 2. The molecule has 2 aromatic rings. The predicted molar refractivity (Wildman–Crippen MR) is 97.7 cm³/mol. The second-order valence-electron chi connectivity index (χ2n) is 5.76. The van der Waals surface area contributed by atoms with Crippen LogP contribution in [0.1, 0.15) is 12.5 Å². The summed E-state index contributed by atoms with van der Waals surface area (Å²) in [5, 5.41) is 0.113. The van der Waals surface area contributed by atoms with E-state index in [-0.39, 0.29) is 10.9 Å². The molecule has 0 N–H and O–H groups in total. The molecule has 0 atom stereocenters. The molecule has 1 saturated heterocycles. The normalized spacial score (nSPS) is 20.3. The lowest BCUT2D eigenvalue weighted by Gasteiger charge is -2.24. The molecule has 2 nitrogen and oxygen atoms in total. The minimum absolute atomic E-state index is 0.113. The summed E-state index contributed by atoms with van der Waals surface area (Å²) in [6.45, 7) is 3.19. The van der Waals surface area contributed by atoms with Crippen LogP contribution in [0, 0.1) is 23.6 Å². The van der Waals surface area contributed by atoms with Gasteiger partial charge in [0.1, 0.15) is 5.82 Å². The highest BCUT2D eigenvalue weighted by atomic mass is 35.5. The van der Waals surface area contributed by atoms with Crippen LogP contribution >= 0.6 is 11.6 Å². The van der Waals surface area contributed by atoms with Crippen LogP contribution in [0.3, 0.4) is 0 Å². The maximum absolute atomic E-state index is 13.6. The van der Waals surface area contributed by atoms with Gasteiger partial charge < -0.3 is 9.47 Å². The van der Waals surface area contributed by atoms with Gasteiger partial charge in [0.05, 0.1) is 18.2 Å². The Morgan fingerprint density at radius 3 is 2.60 bits per heavy atom. The van der Waals surface area contributed by atoms with Crippen molar-refractivity contribution in [1.29, 1.82) is 0 Å². The zero-order valence-corrected chi connectivity index (χ0v) is 14.6. The average molecular weight is 357 g/mol. The van der Waals surface area contributed by atoms with Gasteiger partial charge in [0.25, 0.3) is 0 Å². The van der Waals surface area contributed by atoms with Gasteiger partial charge in [-0.15, -0.1) is 0 Å². The smallest absolute Gasteiger partial charge is 0.222 e. The second-order valence-corrected chi connectivity index (χ2v) is 6.17. The third-order valence-corrected chi connectivity index (χ3v) is 4.14. The summed E-state index contributed by atoms with van der Waals surface area (Å²) >= 11 is 5.74. The van der Waals surface area contributed by atoms with Crippen molar-refractivity contribution in [3.8, 4) is 23.0 Å². The Kier molecular flexibility index (Phi) is 5.88. The first kappa shape index (κ1) is 17.7. The van der Waals surface area contributed by atoms with Crippen molar-refractivity contribution in [2.75, 3.05) is 13.2 Å². The first-order valence-corrected chi connectivity index (χ1v) is 8.46. The molecule has 0 amide bonds. The summed E-state index contributed by atoms with van der Waals surface area (Å²) in [4.78, 5) is 0. The van der Waals surface area contributed by atoms with Gasteiger partial charge in [-0.3, -0.25) is 0 Å². The quantitative estimate of drug-likeness (QED) is 0.553. The summed E-state index contributed by atoms with van der Waals surface area (Å²) in [5.41, 5.74) is 2.45. The molecule has 0 aromatic heterocycles. The van der Waals surface area contributed by atoms with Crippen LogP contribution in [0.25, 0.3) is 11.1 Å². The Morgan fingerprint density at radius 2 is 1.88 bits per heavy atom. The van der Waals surface area contributed by atoms with Gasteiger partial charge >= 0.3 is 0 Å². The van der Waals surface area contributed by atoms with E-state index in [1.54, 1.807) is 12.1 Å². The van der Waals surface area contributed by atoms with Crippen molar-refractivity contribution < 1.29 is 13.9 Å². The van der Waals surface area contributed by atoms with E-state index in [9.17, 15) is 4.39 Å². The summed E-state index contributed by atoms with van der Waals surface area (Å²) in [6.07, 6.45) is 3.55. The highest BCUT2D eigenvalue weighted by Crippen LogP contribution is 2.24. The number of rotatable bonds is 2. The van der Waals surface area contributed by atoms with Crippen LogP contribution in [0.15, 0.2) is 54.6 Å². The molecule has 0 radical (unpaired) electrons. The lowest BCUT2D eigenvalue weighted by Crippen LogP contribution is -2.30. The highest BCUT2D eigenvalue weighted by molar-refractivity contribution is 6.30. The number of ether oxygens (including phenoxy) is 2. The first-order chi connectivity index (χ1) is 12.2. The fourth-order valence-corrected chi connectivity index (χ4v) is 2.70. The molecule has 0 unspecified atom stereocenters. The number of halogens is 2. The maximum atomic E-state index is 13.6. The van der Waals surface area contributed by atoms with Crippen molar-refractivity contribution in [1.82, 2.24) is 0 Å². The standard InChI is InChI=1S/C21H18ClFO2/c1-2-4-16-13-24-21(25-14-16)10-7-15-5-3-6-17(11-15)18-8-9-19(22)20(23)12-18/h2-6,8-9,11-12,16,21H,13-14H2,1H3. The fraction of sp³-hybridized carbons (Fsp3) is 0.238. The minimum Gasteiger partial charge on any atom is -0.341 e. The molecular formula is C21H18ClFO2. The fourth-order valence-electron chi connectivity index (χ4n) is 2.58. The van der Waals surface area contributed by atoms with Crippen LogP contribution in [0.2, 0.25) is 5.02 Å². The molecule has 1 fully saturated rings. The zero-order chi connectivity index (χ0) is 17.6. The third-order valence-electron chi connectivity index (χ3n) is 3.84. The predicted octanol–water partition coefficient (Wildman–Crippen LogP) is 5.06. The maximum Gasteiger partial charge on any atom is 0.222 e. The monoisotopic (exact) mass is 356 g/mol. The van der Waals surface area contributed by atoms with E-state index in [4.69, 9.17) is 21.1 Å². The Balaban J connectivity index is 1.72. The van der Waals surface area contributed by atoms with Gasteiger partial charge in [-0.25, -0.2) is 4.39 Å². The van der Waals surface area contributed by atoms with Gasteiger partial charge in [-0.2, -0.15) is 0 Å². The Bertz CT molecular complexity index is 827. The van der Waals surface area contributed by atoms with E-state index >= 15 is 0 Å². The third kappa shape index (κ3) is 4.70. The van der Waals surface area contributed by atoms with E-state index < -0.39 is 12.1 Å². The average Bonchev–Trinajstić information content (AvgIpc) is 2.64. The molecule has 2 aromatic carbocycles. The van der Waals surface area contributed by atoms with Crippen LogP contribution < -0.4 is 0 Å². The molecule has 1 heterocycles. The van der Waals surface area contributed by atoms with Crippen molar-refractivity contribution in [3.05, 3.63) is 71.0 Å². The molecule has 0 spiro atoms. The van der Waals surface area contributed by atoms with Crippen LogP contribution in [0.4, 0.5) is 4.39 Å². The molecule has 3 rings (SSSR count). The number of allylic oxidation sites excluding steroid dienone is 1. The van der Waals surface area contributed by atoms with Gasteiger partial charge in [0, 0.05) is 11.5 Å². The Morgan fingerprint density at radius 1 is 1.12 bits per heavy atom. The molecule has 1 aliphatic rings. The highest BCUT2D eigenvalue weighted by Gasteiger charge is 2.18. The van der Waals surface area contributed by atoms with E-state index in [0.29, 0.717) is 13.2 Å². The molecule has 0 saturated carbocycles.